The van der Waals surface area contributed by atoms with E-state index in [4.69, 9.17) is 18.6 Å². The van der Waals surface area contributed by atoms with Crippen LogP contribution in [0.15, 0.2) is 71.9 Å². The molecule has 4 rings (SSSR count). The highest BCUT2D eigenvalue weighted by molar-refractivity contribution is 7.90. The number of aromatic nitrogens is 1. The first-order valence-electron chi connectivity index (χ1n) is 16.8. The van der Waals surface area contributed by atoms with E-state index in [1.165, 1.54) is 19.2 Å². The van der Waals surface area contributed by atoms with Crippen LogP contribution < -0.4 is 9.46 Å². The van der Waals surface area contributed by atoms with Crippen molar-refractivity contribution in [1.29, 1.82) is 0 Å². The molecular formula is C37H51N3O8SSi. The van der Waals surface area contributed by atoms with Gasteiger partial charge in [-0.2, -0.15) is 0 Å². The minimum atomic E-state index is -4.07. The molecule has 1 aromatic heterocycles. The number of rotatable bonds is 12. The summed E-state index contributed by atoms with van der Waals surface area (Å²) in [6.45, 7) is 16.7. The highest BCUT2D eigenvalue weighted by Crippen LogP contribution is 2.40. The summed E-state index contributed by atoms with van der Waals surface area (Å²) in [6, 6.07) is 16.0. The summed E-state index contributed by atoms with van der Waals surface area (Å²) in [7, 11) is -5.00. The summed E-state index contributed by atoms with van der Waals surface area (Å²) in [5, 5.41) is -0.0468. The fourth-order valence-electron chi connectivity index (χ4n) is 5.27. The number of pyridine rings is 1. The van der Waals surface area contributed by atoms with Crippen LogP contribution in [0.4, 0.5) is 4.79 Å². The number of fused-ring (bicyclic) bond motifs is 1. The number of carbonyl (C=O) groups excluding carboxylic acids is 2. The summed E-state index contributed by atoms with van der Waals surface area (Å²) in [4.78, 5) is 31.6. The molecule has 2 aromatic carbocycles. The highest BCUT2D eigenvalue weighted by Gasteiger charge is 2.41. The molecule has 1 unspecified atom stereocenters. The number of aryl methyl sites for hydroxylation is 1. The number of ether oxygens (including phenoxy) is 3. The second-order valence-electron chi connectivity index (χ2n) is 15.1. The Balaban J connectivity index is 1.56. The number of nitrogens with one attached hydrogen (secondary N) is 1. The molecule has 2 heterocycles. The molecule has 0 fully saturated rings. The number of benzene rings is 2. The van der Waals surface area contributed by atoms with Gasteiger partial charge in [0.2, 0.25) is 0 Å². The van der Waals surface area contributed by atoms with Crippen LogP contribution >= 0.6 is 0 Å². The van der Waals surface area contributed by atoms with Crippen molar-refractivity contribution in [2.24, 2.45) is 0 Å². The van der Waals surface area contributed by atoms with E-state index in [1.807, 2.05) is 61.9 Å². The van der Waals surface area contributed by atoms with Crippen molar-refractivity contribution >= 4 is 30.3 Å². The topological polar surface area (TPSA) is 133 Å². The lowest BCUT2D eigenvalue weighted by Gasteiger charge is -2.41. The van der Waals surface area contributed by atoms with E-state index < -0.39 is 42.0 Å². The lowest BCUT2D eigenvalue weighted by Crippen LogP contribution is -2.48. The summed E-state index contributed by atoms with van der Waals surface area (Å²) in [5.74, 6) is -0.0505. The van der Waals surface area contributed by atoms with Crippen LogP contribution in [0.3, 0.4) is 0 Å². The molecule has 2 atom stereocenters. The molecular weight excluding hydrogens is 675 g/mol. The Morgan fingerprint density at radius 1 is 1.04 bits per heavy atom. The Morgan fingerprint density at radius 2 is 1.76 bits per heavy atom. The van der Waals surface area contributed by atoms with E-state index in [9.17, 15) is 18.0 Å². The van der Waals surface area contributed by atoms with Gasteiger partial charge in [-0.15, -0.1) is 0 Å². The third-order valence-corrected chi connectivity index (χ3v) is 14.7. The number of sulfonamides is 1. The van der Waals surface area contributed by atoms with E-state index in [-0.39, 0.29) is 29.2 Å². The number of amides is 2. The van der Waals surface area contributed by atoms with Gasteiger partial charge < -0.3 is 23.5 Å². The van der Waals surface area contributed by atoms with Gasteiger partial charge in [-0.3, -0.25) is 9.78 Å². The SMILES string of the molecule is COCC(=O)NS(=O)(=O)c1cccc(-c2ccc3c(c2)CCC(CN(C[C@H](O[Si](C)(C)C(C)(C)C)c2cccnc2)C(=O)OC(C)(C)C)O3)c1. The number of nitrogens with zero attached hydrogens (tertiary/aromatic N) is 2. The smallest absolute Gasteiger partial charge is 0.410 e. The molecule has 1 aliphatic rings. The molecule has 0 saturated heterocycles. The minimum Gasteiger partial charge on any atom is -0.488 e. The monoisotopic (exact) mass is 725 g/mol. The molecule has 1 aliphatic heterocycles. The second kappa shape index (κ2) is 15.6. The average molecular weight is 726 g/mol. The van der Waals surface area contributed by atoms with Crippen molar-refractivity contribution in [3.8, 4) is 16.9 Å². The van der Waals surface area contributed by atoms with Crippen LogP contribution in [-0.2, 0) is 35.1 Å². The van der Waals surface area contributed by atoms with Gasteiger partial charge in [0.25, 0.3) is 15.9 Å². The Morgan fingerprint density at radius 3 is 2.40 bits per heavy atom. The first kappa shape index (κ1) is 39.0. The molecule has 1 N–H and O–H groups in total. The fourth-order valence-corrected chi connectivity index (χ4v) is 7.56. The maximum atomic E-state index is 13.7. The molecule has 50 heavy (non-hydrogen) atoms. The summed E-state index contributed by atoms with van der Waals surface area (Å²) in [5.41, 5.74) is 2.66. The average Bonchev–Trinajstić information content (AvgIpc) is 3.02. The normalized spacial score (nSPS) is 15.7. The lowest BCUT2D eigenvalue weighted by molar-refractivity contribution is -0.122. The zero-order valence-electron chi connectivity index (χ0n) is 30.6. The Bertz CT molecular complexity index is 1750. The van der Waals surface area contributed by atoms with Crippen LogP contribution in [0.25, 0.3) is 11.1 Å². The molecule has 0 saturated carbocycles. The molecule has 2 amide bonds. The quantitative estimate of drug-likeness (QED) is 0.198. The van der Waals surface area contributed by atoms with Gasteiger partial charge in [-0.05, 0) is 104 Å². The first-order chi connectivity index (χ1) is 23.3. The number of methoxy groups -OCH3 is 1. The number of hydrogen-bond acceptors (Lipinski definition) is 9. The third kappa shape index (κ3) is 10.4. The van der Waals surface area contributed by atoms with Crippen LogP contribution in [0.1, 0.15) is 65.2 Å². The van der Waals surface area contributed by atoms with Crippen LogP contribution in [-0.4, -0.2) is 77.1 Å². The Hall–Kier alpha value is -3.78. The van der Waals surface area contributed by atoms with E-state index in [1.54, 1.807) is 23.4 Å². The van der Waals surface area contributed by atoms with Gasteiger partial charge in [0.1, 0.15) is 24.1 Å². The van der Waals surface area contributed by atoms with Crippen molar-refractivity contribution in [1.82, 2.24) is 14.6 Å². The molecule has 0 aliphatic carbocycles. The van der Waals surface area contributed by atoms with Crippen LogP contribution in [0.2, 0.25) is 18.1 Å². The van der Waals surface area contributed by atoms with Gasteiger partial charge in [0.05, 0.1) is 24.1 Å². The van der Waals surface area contributed by atoms with Gasteiger partial charge in [-0.1, -0.05) is 45.0 Å². The second-order valence-corrected chi connectivity index (χ2v) is 21.6. The molecule has 11 nitrogen and oxygen atoms in total. The highest BCUT2D eigenvalue weighted by atomic mass is 32.2. The fraction of sp³-hybridized carbons (Fsp3) is 0.486. The van der Waals surface area contributed by atoms with Gasteiger partial charge >= 0.3 is 6.09 Å². The van der Waals surface area contributed by atoms with Crippen molar-refractivity contribution in [2.75, 3.05) is 26.8 Å². The minimum absolute atomic E-state index is 0.0298. The predicted octanol–water partition coefficient (Wildman–Crippen LogP) is 6.89. The van der Waals surface area contributed by atoms with Crippen molar-refractivity contribution < 1.29 is 36.6 Å². The zero-order valence-corrected chi connectivity index (χ0v) is 32.4. The maximum absolute atomic E-state index is 13.7. The van der Waals surface area contributed by atoms with Gasteiger partial charge in [0, 0.05) is 19.5 Å². The van der Waals surface area contributed by atoms with E-state index in [0.717, 1.165) is 16.7 Å². The third-order valence-electron chi connectivity index (χ3n) is 8.85. The Labute approximate surface area is 297 Å². The molecule has 13 heteroatoms. The largest absolute Gasteiger partial charge is 0.488 e. The molecule has 3 aromatic rings. The maximum Gasteiger partial charge on any atom is 0.410 e. The number of carbonyl (C=O) groups is 2. The molecule has 0 radical (unpaired) electrons. The van der Waals surface area contributed by atoms with E-state index >= 15 is 0 Å². The van der Waals surface area contributed by atoms with Gasteiger partial charge in [-0.25, -0.2) is 17.9 Å². The van der Waals surface area contributed by atoms with Crippen LogP contribution in [0, 0.1) is 0 Å². The summed E-state index contributed by atoms with van der Waals surface area (Å²) >= 11 is 0. The zero-order chi connectivity index (χ0) is 36.9. The molecule has 0 bridgehead atoms. The summed E-state index contributed by atoms with van der Waals surface area (Å²) < 4.78 is 51.6. The number of hydrogen-bond donors (Lipinski definition) is 1. The first-order valence-corrected chi connectivity index (χ1v) is 21.2. The van der Waals surface area contributed by atoms with Gasteiger partial charge in [0.15, 0.2) is 8.32 Å². The molecule has 272 valence electrons. The van der Waals surface area contributed by atoms with Crippen molar-refractivity contribution in [3.63, 3.8) is 0 Å². The standard InChI is InChI=1S/C37H51N3O8SSi/c1-36(2,3)47-35(42)40(24-33(29-13-11-19-38-22-29)48-50(8,9)37(4,5)6)23-30-17-15-28-20-27(16-18-32(28)46-30)26-12-10-14-31(21-26)49(43,44)39-34(41)25-45-7/h10-14,16,18-22,30,33H,15,17,23-25H2,1-9H3,(H,39,41)/t30?,33-/m0/s1. The van der Waals surface area contributed by atoms with E-state index in [2.05, 4.69) is 38.8 Å². The van der Waals surface area contributed by atoms with Crippen molar-refractivity contribution in [3.05, 3.63) is 78.1 Å². The summed E-state index contributed by atoms with van der Waals surface area (Å²) in [6.07, 6.45) is 3.70. The van der Waals surface area contributed by atoms with Crippen LogP contribution in [0.5, 0.6) is 5.75 Å². The predicted molar refractivity (Wildman–Crippen MR) is 195 cm³/mol. The Kier molecular flexibility index (Phi) is 12.2. The lowest BCUT2D eigenvalue weighted by atomic mass is 9.97. The van der Waals surface area contributed by atoms with E-state index in [0.29, 0.717) is 30.7 Å². The van der Waals surface area contributed by atoms with Crippen molar-refractivity contribution in [2.45, 2.75) is 95.2 Å². The molecule has 0 spiro atoms.